The Bertz CT molecular complexity index is 1350. The van der Waals surface area contributed by atoms with Gasteiger partial charge in [0.2, 0.25) is 0 Å². The van der Waals surface area contributed by atoms with Gasteiger partial charge >= 0.3 is 17.9 Å². The van der Waals surface area contributed by atoms with E-state index in [0.717, 1.165) is 64.2 Å². The Morgan fingerprint density at radius 1 is 0.390 bits per heavy atom. The van der Waals surface area contributed by atoms with E-state index < -0.39 is 18.0 Å². The summed E-state index contributed by atoms with van der Waals surface area (Å²) in [6, 6.07) is 0. The standard InChI is InChI=1S/C53H80O6/c1-4-7-10-13-16-19-21-23-25-26-28-29-31-34-37-40-43-46-52(55)58-49-50(48-57-51(54)45-42-39-36-33-18-15-12-9-6-3)59-53(56)47-44-41-38-35-32-30-27-24-22-20-17-14-11-8-5-2/h8-9,11-12,14,17-18,20,22-25,27-30,32-34,37,39,42,50H,4-7,10,13,15-16,19,21,26,31,35-36,38,40-41,43-49H2,1-3H3/b11-8-,12-9-,17-14-,22-20-,25-23-,27-24-,29-28-,32-30-,33-18-,37-34-,42-39-. The molecule has 0 fully saturated rings. The van der Waals surface area contributed by atoms with Gasteiger partial charge in [-0.05, 0) is 83.5 Å². The van der Waals surface area contributed by atoms with Gasteiger partial charge in [0.25, 0.3) is 0 Å². The Hall–Kier alpha value is -4.45. The monoisotopic (exact) mass is 813 g/mol. The molecule has 0 heterocycles. The molecule has 1 unspecified atom stereocenters. The van der Waals surface area contributed by atoms with E-state index in [1.807, 2.05) is 54.7 Å². The number of allylic oxidation sites excluding steroid dienone is 21. The maximum absolute atomic E-state index is 12.7. The van der Waals surface area contributed by atoms with E-state index in [1.54, 1.807) is 6.08 Å². The molecule has 0 rings (SSSR count). The Kier molecular flexibility index (Phi) is 42.8. The number of hydrogen-bond acceptors (Lipinski definition) is 6. The van der Waals surface area contributed by atoms with Crippen LogP contribution in [0.1, 0.15) is 162 Å². The predicted molar refractivity (Wildman–Crippen MR) is 251 cm³/mol. The summed E-state index contributed by atoms with van der Waals surface area (Å²) in [5, 5.41) is 0. The van der Waals surface area contributed by atoms with Crippen LogP contribution in [0, 0.1) is 0 Å². The number of carbonyl (C=O) groups is 3. The highest BCUT2D eigenvalue weighted by molar-refractivity contribution is 5.72. The highest BCUT2D eigenvalue weighted by atomic mass is 16.6. The first-order valence-corrected chi connectivity index (χ1v) is 22.8. The smallest absolute Gasteiger partial charge is 0.309 e. The lowest BCUT2D eigenvalue weighted by molar-refractivity contribution is -0.166. The first-order valence-electron chi connectivity index (χ1n) is 22.8. The van der Waals surface area contributed by atoms with Crippen molar-refractivity contribution < 1.29 is 28.6 Å². The van der Waals surface area contributed by atoms with Crippen LogP contribution in [0.5, 0.6) is 0 Å². The first kappa shape index (κ1) is 54.6. The van der Waals surface area contributed by atoms with Crippen LogP contribution in [-0.4, -0.2) is 37.2 Å². The fourth-order valence-corrected chi connectivity index (χ4v) is 5.42. The van der Waals surface area contributed by atoms with Gasteiger partial charge in [0.05, 0.1) is 6.42 Å². The number of rotatable bonds is 38. The van der Waals surface area contributed by atoms with Crippen LogP contribution in [0.25, 0.3) is 0 Å². The van der Waals surface area contributed by atoms with Crippen molar-refractivity contribution in [2.24, 2.45) is 0 Å². The molecule has 0 amide bonds. The lowest BCUT2D eigenvalue weighted by Gasteiger charge is -2.18. The lowest BCUT2D eigenvalue weighted by Crippen LogP contribution is -2.30. The van der Waals surface area contributed by atoms with Crippen molar-refractivity contribution in [2.45, 2.75) is 168 Å². The van der Waals surface area contributed by atoms with E-state index in [-0.39, 0.29) is 38.4 Å². The molecule has 0 radical (unpaired) electrons. The molecule has 6 nitrogen and oxygen atoms in total. The summed E-state index contributed by atoms with van der Waals surface area (Å²) >= 11 is 0. The van der Waals surface area contributed by atoms with Gasteiger partial charge in [-0.25, -0.2) is 0 Å². The van der Waals surface area contributed by atoms with Crippen LogP contribution in [0.4, 0.5) is 0 Å². The van der Waals surface area contributed by atoms with Crippen molar-refractivity contribution in [3.63, 3.8) is 0 Å². The van der Waals surface area contributed by atoms with E-state index in [4.69, 9.17) is 14.2 Å². The molecule has 0 aliphatic rings. The second-order valence-electron chi connectivity index (χ2n) is 14.3. The maximum atomic E-state index is 12.7. The minimum atomic E-state index is -0.859. The quantitative estimate of drug-likeness (QED) is 0.0203. The molecule has 328 valence electrons. The first-order chi connectivity index (χ1) is 29.0. The van der Waals surface area contributed by atoms with E-state index in [0.29, 0.717) is 12.8 Å². The predicted octanol–water partition coefficient (Wildman–Crippen LogP) is 14.7. The summed E-state index contributed by atoms with van der Waals surface area (Å²) in [7, 11) is 0. The SMILES string of the molecule is CC\C=C/C=C\C=C/C=C\C=C/CCCCCC(=O)OC(COC(=O)C/C=C\C/C=C\C/C=C\CC)COC(=O)CCC/C=C\C/C=C\C/C=C\CCCCCCCC. The van der Waals surface area contributed by atoms with Gasteiger partial charge < -0.3 is 14.2 Å². The molecule has 0 aliphatic carbocycles. The number of esters is 3. The fraction of sp³-hybridized carbons (Fsp3) is 0.528. The van der Waals surface area contributed by atoms with Crippen LogP contribution in [-0.2, 0) is 28.6 Å². The number of unbranched alkanes of at least 4 members (excludes halogenated alkanes) is 10. The molecule has 0 spiro atoms. The van der Waals surface area contributed by atoms with Gasteiger partial charge in [-0.1, -0.05) is 193 Å². The summed E-state index contributed by atoms with van der Waals surface area (Å²) in [4.78, 5) is 37.6. The van der Waals surface area contributed by atoms with Crippen LogP contribution in [0.2, 0.25) is 0 Å². The van der Waals surface area contributed by atoms with Crippen molar-refractivity contribution in [3.05, 3.63) is 134 Å². The van der Waals surface area contributed by atoms with E-state index >= 15 is 0 Å². The normalized spacial score (nSPS) is 13.3. The molecular weight excluding hydrogens is 733 g/mol. The zero-order valence-electron chi connectivity index (χ0n) is 37.2. The highest BCUT2D eigenvalue weighted by Crippen LogP contribution is 2.10. The molecule has 0 aromatic heterocycles. The molecule has 1 atom stereocenters. The molecule has 0 aromatic carbocycles. The van der Waals surface area contributed by atoms with Crippen molar-refractivity contribution in [2.75, 3.05) is 13.2 Å². The number of hydrogen-bond donors (Lipinski definition) is 0. The fourth-order valence-electron chi connectivity index (χ4n) is 5.42. The molecular formula is C53H80O6. The average Bonchev–Trinajstić information content (AvgIpc) is 3.23. The number of ether oxygens (including phenoxy) is 3. The van der Waals surface area contributed by atoms with Gasteiger partial charge in [0, 0.05) is 12.8 Å². The Balaban J connectivity index is 4.61. The van der Waals surface area contributed by atoms with Crippen LogP contribution in [0.3, 0.4) is 0 Å². The average molecular weight is 813 g/mol. The minimum Gasteiger partial charge on any atom is -0.462 e. The van der Waals surface area contributed by atoms with Gasteiger partial charge in [-0.2, -0.15) is 0 Å². The lowest BCUT2D eigenvalue weighted by atomic mass is 10.1. The Morgan fingerprint density at radius 2 is 0.831 bits per heavy atom. The molecule has 6 heteroatoms. The van der Waals surface area contributed by atoms with E-state index in [2.05, 4.69) is 93.7 Å². The topological polar surface area (TPSA) is 78.9 Å². The Morgan fingerprint density at radius 3 is 1.44 bits per heavy atom. The van der Waals surface area contributed by atoms with Crippen LogP contribution in [0.15, 0.2) is 134 Å². The molecule has 0 bridgehead atoms. The largest absolute Gasteiger partial charge is 0.462 e. The molecule has 0 aliphatic heterocycles. The van der Waals surface area contributed by atoms with Crippen molar-refractivity contribution in [1.82, 2.24) is 0 Å². The minimum absolute atomic E-state index is 0.110. The second kappa shape index (κ2) is 46.2. The molecule has 0 saturated carbocycles. The second-order valence-corrected chi connectivity index (χ2v) is 14.3. The van der Waals surface area contributed by atoms with Crippen LogP contribution < -0.4 is 0 Å². The van der Waals surface area contributed by atoms with Crippen molar-refractivity contribution in [3.8, 4) is 0 Å². The maximum Gasteiger partial charge on any atom is 0.309 e. The van der Waals surface area contributed by atoms with E-state index in [1.165, 1.54) is 44.9 Å². The van der Waals surface area contributed by atoms with E-state index in [9.17, 15) is 14.4 Å². The summed E-state index contributed by atoms with van der Waals surface area (Å²) < 4.78 is 16.5. The summed E-state index contributed by atoms with van der Waals surface area (Å²) in [6.45, 7) is 6.15. The van der Waals surface area contributed by atoms with Crippen molar-refractivity contribution >= 4 is 17.9 Å². The summed E-state index contributed by atoms with van der Waals surface area (Å²) in [5.74, 6) is -1.19. The molecule has 0 saturated heterocycles. The highest BCUT2D eigenvalue weighted by Gasteiger charge is 2.19. The van der Waals surface area contributed by atoms with Gasteiger partial charge in [0.15, 0.2) is 6.10 Å². The number of carbonyl (C=O) groups excluding carboxylic acids is 3. The molecule has 0 aromatic rings. The Labute approximate surface area is 360 Å². The van der Waals surface area contributed by atoms with Gasteiger partial charge in [-0.15, -0.1) is 0 Å². The summed E-state index contributed by atoms with van der Waals surface area (Å²) in [5.41, 5.74) is 0. The van der Waals surface area contributed by atoms with Crippen LogP contribution >= 0.6 is 0 Å². The van der Waals surface area contributed by atoms with Gasteiger partial charge in [0.1, 0.15) is 13.2 Å². The zero-order valence-corrected chi connectivity index (χ0v) is 37.2. The summed E-state index contributed by atoms with van der Waals surface area (Å²) in [6.07, 6.45) is 64.8. The van der Waals surface area contributed by atoms with Crippen molar-refractivity contribution in [1.29, 1.82) is 0 Å². The van der Waals surface area contributed by atoms with Gasteiger partial charge in [-0.3, -0.25) is 14.4 Å². The third-order valence-electron chi connectivity index (χ3n) is 8.78. The molecule has 59 heavy (non-hydrogen) atoms. The third-order valence-corrected chi connectivity index (χ3v) is 8.78. The zero-order chi connectivity index (χ0) is 43.0. The third kappa shape index (κ3) is 44.5. The molecule has 0 N–H and O–H groups in total.